The number of sulfonamides is 1. The van der Waals surface area contributed by atoms with Crippen LogP contribution in [0.1, 0.15) is 38.7 Å². The Labute approximate surface area is 154 Å². The summed E-state index contributed by atoms with van der Waals surface area (Å²) >= 11 is 0. The Morgan fingerprint density at radius 1 is 1.31 bits per heavy atom. The van der Waals surface area contributed by atoms with Gasteiger partial charge in [0.1, 0.15) is 5.54 Å². The van der Waals surface area contributed by atoms with Crippen LogP contribution >= 0.6 is 0 Å². The fourth-order valence-corrected chi connectivity index (χ4v) is 4.56. The number of carbonyl (C=O) groups is 2. The van der Waals surface area contributed by atoms with E-state index in [1.54, 1.807) is 31.2 Å². The third kappa shape index (κ3) is 4.82. The lowest BCUT2D eigenvalue weighted by Crippen LogP contribution is -2.55. The van der Waals surface area contributed by atoms with Gasteiger partial charge in [-0.2, -0.15) is 0 Å². The predicted octanol–water partition coefficient (Wildman–Crippen LogP) is 1.60. The van der Waals surface area contributed by atoms with Gasteiger partial charge in [0, 0.05) is 13.1 Å². The molecule has 1 heterocycles. The van der Waals surface area contributed by atoms with Crippen molar-refractivity contribution in [3.05, 3.63) is 35.9 Å². The van der Waals surface area contributed by atoms with Crippen molar-refractivity contribution >= 4 is 21.9 Å². The van der Waals surface area contributed by atoms with Crippen molar-refractivity contribution in [2.24, 2.45) is 5.92 Å². The number of nitrogens with zero attached hydrogens (tertiary/aromatic N) is 1. The van der Waals surface area contributed by atoms with Crippen LogP contribution in [0, 0.1) is 5.92 Å². The van der Waals surface area contributed by atoms with Gasteiger partial charge in [0.05, 0.1) is 11.7 Å². The highest BCUT2D eigenvalue weighted by molar-refractivity contribution is 7.88. The number of benzene rings is 1. The fraction of sp³-hybridized carbons (Fsp3) is 0.556. The van der Waals surface area contributed by atoms with Gasteiger partial charge in [-0.3, -0.25) is 4.79 Å². The van der Waals surface area contributed by atoms with Gasteiger partial charge >= 0.3 is 5.97 Å². The SMILES string of the molecule is CCC(C)(NC(=O)C1CCCN(S(=O)(=O)Cc2ccccc2)C1)C(=O)O. The standard InChI is InChI=1S/C18H26N2O5S/c1-3-18(2,17(22)23)19-16(21)15-10-7-11-20(12-15)26(24,25)13-14-8-5-4-6-9-14/h4-6,8-9,15H,3,7,10-13H2,1-2H3,(H,19,21)(H,22,23). The molecule has 0 bridgehead atoms. The Hall–Kier alpha value is -1.93. The molecule has 1 aromatic rings. The van der Waals surface area contributed by atoms with Crippen molar-refractivity contribution in [3.8, 4) is 0 Å². The molecule has 0 aromatic heterocycles. The molecular formula is C18H26N2O5S. The number of aliphatic carboxylic acids is 1. The summed E-state index contributed by atoms with van der Waals surface area (Å²) in [7, 11) is -3.53. The van der Waals surface area contributed by atoms with Crippen LogP contribution in [0.2, 0.25) is 0 Å². The lowest BCUT2D eigenvalue weighted by atomic mass is 9.94. The average Bonchev–Trinajstić information content (AvgIpc) is 2.62. The summed E-state index contributed by atoms with van der Waals surface area (Å²) in [5, 5.41) is 11.9. The summed E-state index contributed by atoms with van der Waals surface area (Å²) in [6, 6.07) is 8.91. The molecule has 2 atom stereocenters. The van der Waals surface area contributed by atoms with Gasteiger partial charge in [-0.25, -0.2) is 17.5 Å². The molecule has 1 saturated heterocycles. The molecule has 0 saturated carbocycles. The van der Waals surface area contributed by atoms with Crippen LogP contribution in [0.3, 0.4) is 0 Å². The Bertz CT molecular complexity index is 750. The molecule has 7 nitrogen and oxygen atoms in total. The third-order valence-electron chi connectivity index (χ3n) is 4.92. The Kier molecular flexibility index (Phi) is 6.41. The molecule has 1 aliphatic heterocycles. The van der Waals surface area contributed by atoms with Gasteiger partial charge in [-0.05, 0) is 31.7 Å². The van der Waals surface area contributed by atoms with Crippen LogP contribution in [0.4, 0.5) is 0 Å². The fourth-order valence-electron chi connectivity index (χ4n) is 2.95. The minimum absolute atomic E-state index is 0.0837. The highest BCUT2D eigenvalue weighted by Gasteiger charge is 2.38. The lowest BCUT2D eigenvalue weighted by Gasteiger charge is -2.33. The van der Waals surface area contributed by atoms with Gasteiger partial charge in [-0.15, -0.1) is 0 Å². The molecule has 2 rings (SSSR count). The lowest BCUT2D eigenvalue weighted by molar-refractivity contribution is -0.147. The summed E-state index contributed by atoms with van der Waals surface area (Å²) in [6.45, 7) is 3.61. The highest BCUT2D eigenvalue weighted by atomic mass is 32.2. The highest BCUT2D eigenvalue weighted by Crippen LogP contribution is 2.23. The molecule has 1 aromatic carbocycles. The number of hydrogen-bond donors (Lipinski definition) is 2. The van der Waals surface area contributed by atoms with Crippen molar-refractivity contribution < 1.29 is 23.1 Å². The van der Waals surface area contributed by atoms with E-state index in [1.807, 2.05) is 6.07 Å². The van der Waals surface area contributed by atoms with Gasteiger partial charge in [-0.1, -0.05) is 37.3 Å². The van der Waals surface area contributed by atoms with E-state index in [9.17, 15) is 23.1 Å². The number of hydrogen-bond acceptors (Lipinski definition) is 4. The molecule has 1 aliphatic rings. The third-order valence-corrected chi connectivity index (χ3v) is 6.73. The first-order chi connectivity index (χ1) is 12.2. The molecular weight excluding hydrogens is 356 g/mol. The van der Waals surface area contributed by atoms with Crippen LogP contribution in [-0.2, 0) is 25.4 Å². The number of carboxylic acids is 1. The Balaban J connectivity index is 2.06. The number of piperidine rings is 1. The summed E-state index contributed by atoms with van der Waals surface area (Å²) in [4.78, 5) is 23.9. The van der Waals surface area contributed by atoms with Gasteiger partial charge in [0.2, 0.25) is 15.9 Å². The topological polar surface area (TPSA) is 104 Å². The number of rotatable bonds is 7. The smallest absolute Gasteiger partial charge is 0.329 e. The molecule has 8 heteroatoms. The van der Waals surface area contributed by atoms with Crippen molar-refractivity contribution in [2.45, 2.75) is 44.4 Å². The molecule has 2 N–H and O–H groups in total. The second-order valence-corrected chi connectivity index (χ2v) is 8.89. The second kappa shape index (κ2) is 8.18. The van der Waals surface area contributed by atoms with Gasteiger partial charge in [0.15, 0.2) is 0 Å². The number of amides is 1. The quantitative estimate of drug-likeness (QED) is 0.745. The van der Waals surface area contributed by atoms with E-state index in [0.29, 0.717) is 24.9 Å². The Morgan fingerprint density at radius 3 is 2.54 bits per heavy atom. The first-order valence-corrected chi connectivity index (χ1v) is 10.4. The summed E-state index contributed by atoms with van der Waals surface area (Å²) in [5.41, 5.74) is -0.647. The maximum atomic E-state index is 12.7. The van der Waals surface area contributed by atoms with Crippen LogP contribution < -0.4 is 5.32 Å². The first-order valence-electron chi connectivity index (χ1n) is 8.75. The number of nitrogens with one attached hydrogen (secondary N) is 1. The van der Waals surface area contributed by atoms with Gasteiger partial charge < -0.3 is 10.4 Å². The van der Waals surface area contributed by atoms with E-state index in [2.05, 4.69) is 5.32 Å². The van der Waals surface area contributed by atoms with Crippen molar-refractivity contribution in [1.82, 2.24) is 9.62 Å². The second-order valence-electron chi connectivity index (χ2n) is 6.92. The normalized spacial score (nSPS) is 20.9. The molecule has 2 unspecified atom stereocenters. The molecule has 1 amide bonds. The number of carboxylic acid groups (broad SMARTS) is 1. The zero-order valence-corrected chi connectivity index (χ0v) is 16.0. The molecule has 26 heavy (non-hydrogen) atoms. The Morgan fingerprint density at radius 2 is 1.96 bits per heavy atom. The van der Waals surface area contributed by atoms with Crippen molar-refractivity contribution in [3.63, 3.8) is 0 Å². The molecule has 1 fully saturated rings. The first kappa shape index (κ1) is 20.4. The van der Waals surface area contributed by atoms with E-state index in [4.69, 9.17) is 0 Å². The largest absolute Gasteiger partial charge is 0.480 e. The summed E-state index contributed by atoms with van der Waals surface area (Å²) in [6.07, 6.45) is 1.36. The van der Waals surface area contributed by atoms with Gasteiger partial charge in [0.25, 0.3) is 0 Å². The van der Waals surface area contributed by atoms with Crippen LogP contribution in [0.25, 0.3) is 0 Å². The van der Waals surface area contributed by atoms with Crippen LogP contribution in [0.15, 0.2) is 30.3 Å². The number of carbonyl (C=O) groups excluding carboxylic acids is 1. The summed E-state index contributed by atoms with van der Waals surface area (Å²) < 4.78 is 26.7. The maximum Gasteiger partial charge on any atom is 0.329 e. The zero-order chi connectivity index (χ0) is 19.4. The molecule has 144 valence electrons. The van der Waals surface area contributed by atoms with E-state index in [0.717, 1.165) is 0 Å². The van der Waals surface area contributed by atoms with E-state index in [-0.39, 0.29) is 18.7 Å². The monoisotopic (exact) mass is 382 g/mol. The minimum atomic E-state index is -3.53. The van der Waals surface area contributed by atoms with Crippen molar-refractivity contribution in [2.75, 3.05) is 13.1 Å². The van der Waals surface area contributed by atoms with Crippen molar-refractivity contribution in [1.29, 1.82) is 0 Å². The van der Waals surface area contributed by atoms with E-state index < -0.39 is 33.4 Å². The van der Waals surface area contributed by atoms with Crippen LogP contribution in [-0.4, -0.2) is 48.3 Å². The average molecular weight is 382 g/mol. The van der Waals surface area contributed by atoms with E-state index >= 15 is 0 Å². The molecule has 0 aliphatic carbocycles. The zero-order valence-electron chi connectivity index (χ0n) is 15.1. The van der Waals surface area contributed by atoms with Crippen LogP contribution in [0.5, 0.6) is 0 Å². The predicted molar refractivity (Wildman–Crippen MR) is 97.8 cm³/mol. The van der Waals surface area contributed by atoms with E-state index in [1.165, 1.54) is 11.2 Å². The molecule has 0 spiro atoms. The minimum Gasteiger partial charge on any atom is -0.480 e. The maximum absolute atomic E-state index is 12.7. The summed E-state index contributed by atoms with van der Waals surface area (Å²) in [5.74, 6) is -2.15. The molecule has 0 radical (unpaired) electrons.